The van der Waals surface area contributed by atoms with E-state index in [0.29, 0.717) is 5.92 Å². The van der Waals surface area contributed by atoms with Crippen LogP contribution in [0.1, 0.15) is 73.6 Å². The topological polar surface area (TPSA) is 31.2 Å². The molecule has 0 bridgehead atoms. The highest BCUT2D eigenvalue weighted by atomic mass is 15.4. The van der Waals surface area contributed by atoms with Crippen molar-refractivity contribution in [3.63, 3.8) is 0 Å². The normalized spacial score (nSPS) is 15.5. The molecule has 4 nitrogen and oxygen atoms in total. The number of hydrogen-bond donors (Lipinski definition) is 0. The van der Waals surface area contributed by atoms with Gasteiger partial charge >= 0.3 is 0 Å². The Kier molecular flexibility index (Phi) is 20.0. The fourth-order valence-electron chi connectivity index (χ4n) is 4.16. The van der Waals surface area contributed by atoms with Gasteiger partial charge in [0.15, 0.2) is 0 Å². The maximum Gasteiger partial charge on any atom is 0.0322 e. The van der Waals surface area contributed by atoms with Gasteiger partial charge in [-0.1, -0.05) is 95.2 Å². The predicted molar refractivity (Wildman–Crippen MR) is 177 cm³/mol. The molecule has 0 aromatic rings. The molecule has 4 heteroatoms. The number of aliphatic imine (C=N–C) groups is 1. The number of hydrazone groups is 1. The first kappa shape index (κ1) is 35.9. The molecule has 0 rings (SSSR count). The minimum absolute atomic E-state index is 0.134. The number of allylic oxidation sites excluding steroid dienone is 13. The standard InChI is InChI=1S/C35H56N4/c1-12-16-17-18-21-30(6)35(24-25-38(9)10)31(7)26-37-39(11)28-34(27-36-8)32(15-4)23-22-29(5)33(19-13-2)20-14-3/h15-18,21-28,31,33H,4,12-14,19-20H2,1-3,5-11H3/b17-16-,21-18-,25-24-,29-22+,32-23+,34-28+,35-30-,36-27-,37-26-. The molecule has 0 heterocycles. The number of nitrogens with zero attached hydrogens (tertiary/aromatic N) is 4. The van der Waals surface area contributed by atoms with Crippen molar-refractivity contribution in [1.82, 2.24) is 9.91 Å². The summed E-state index contributed by atoms with van der Waals surface area (Å²) in [5.41, 5.74) is 5.86. The molecule has 0 aromatic heterocycles. The van der Waals surface area contributed by atoms with Crippen LogP contribution in [-0.4, -0.2) is 50.5 Å². The van der Waals surface area contributed by atoms with Crippen molar-refractivity contribution >= 4 is 12.4 Å². The summed E-state index contributed by atoms with van der Waals surface area (Å²) in [6.07, 6.45) is 30.8. The van der Waals surface area contributed by atoms with Crippen LogP contribution in [-0.2, 0) is 0 Å². The fraction of sp³-hybridized carbons (Fsp3) is 0.486. The summed E-state index contributed by atoms with van der Waals surface area (Å²) in [7, 11) is 7.81. The third-order valence-corrected chi connectivity index (χ3v) is 6.39. The lowest BCUT2D eigenvalue weighted by molar-refractivity contribution is 0.488. The highest BCUT2D eigenvalue weighted by molar-refractivity contribution is 5.85. The van der Waals surface area contributed by atoms with Crippen LogP contribution >= 0.6 is 0 Å². The van der Waals surface area contributed by atoms with Crippen molar-refractivity contribution in [2.75, 3.05) is 28.2 Å². The van der Waals surface area contributed by atoms with Gasteiger partial charge in [0.1, 0.15) is 0 Å². The largest absolute Gasteiger partial charge is 0.383 e. The highest BCUT2D eigenvalue weighted by Crippen LogP contribution is 2.23. The van der Waals surface area contributed by atoms with Gasteiger partial charge in [0.25, 0.3) is 0 Å². The molecule has 0 amide bonds. The van der Waals surface area contributed by atoms with Crippen LogP contribution in [0.4, 0.5) is 0 Å². The van der Waals surface area contributed by atoms with Crippen LogP contribution in [0.2, 0.25) is 0 Å². The van der Waals surface area contributed by atoms with Crippen LogP contribution in [0.5, 0.6) is 0 Å². The van der Waals surface area contributed by atoms with Gasteiger partial charge in [0.05, 0.1) is 0 Å². The molecule has 0 aliphatic heterocycles. The quantitative estimate of drug-likeness (QED) is 0.100. The smallest absolute Gasteiger partial charge is 0.0322 e. The van der Waals surface area contributed by atoms with Gasteiger partial charge in [-0.2, -0.15) is 5.10 Å². The summed E-state index contributed by atoms with van der Waals surface area (Å²) in [4.78, 5) is 6.34. The number of rotatable bonds is 18. The zero-order valence-corrected chi connectivity index (χ0v) is 26.6. The van der Waals surface area contributed by atoms with Crippen LogP contribution in [0.25, 0.3) is 0 Å². The molecule has 216 valence electrons. The fourth-order valence-corrected chi connectivity index (χ4v) is 4.16. The summed E-state index contributed by atoms with van der Waals surface area (Å²) in [5, 5.41) is 6.60. The summed E-state index contributed by atoms with van der Waals surface area (Å²) in [6.45, 7) is 17.3. The predicted octanol–water partition coefficient (Wildman–Crippen LogP) is 9.31. The Morgan fingerprint density at radius 2 is 1.59 bits per heavy atom. The van der Waals surface area contributed by atoms with Crippen molar-refractivity contribution in [3.05, 3.63) is 95.5 Å². The maximum atomic E-state index is 4.75. The molecule has 0 N–H and O–H groups in total. The first-order valence-corrected chi connectivity index (χ1v) is 14.5. The molecule has 0 fully saturated rings. The molecule has 1 atom stereocenters. The maximum absolute atomic E-state index is 4.75. The third kappa shape index (κ3) is 15.8. The van der Waals surface area contributed by atoms with Gasteiger partial charge in [-0.15, -0.1) is 0 Å². The van der Waals surface area contributed by atoms with Crippen LogP contribution < -0.4 is 0 Å². The molecular weight excluding hydrogens is 476 g/mol. The van der Waals surface area contributed by atoms with Crippen LogP contribution in [0.15, 0.2) is 106 Å². The molecule has 0 saturated heterocycles. The molecule has 0 spiro atoms. The Bertz CT molecular complexity index is 974. The van der Waals surface area contributed by atoms with E-state index in [1.807, 2.05) is 50.9 Å². The number of hydrogen-bond acceptors (Lipinski definition) is 4. The van der Waals surface area contributed by atoms with Gasteiger partial charge in [-0.25, -0.2) is 0 Å². The van der Waals surface area contributed by atoms with Crippen molar-refractivity contribution in [2.45, 2.75) is 73.6 Å². The average molecular weight is 533 g/mol. The molecule has 0 aromatic carbocycles. The Morgan fingerprint density at radius 1 is 0.923 bits per heavy atom. The Labute approximate surface area is 241 Å². The lowest BCUT2D eigenvalue weighted by atomic mass is 9.90. The highest BCUT2D eigenvalue weighted by Gasteiger charge is 2.09. The van der Waals surface area contributed by atoms with Gasteiger partial charge in [0, 0.05) is 58.3 Å². The zero-order chi connectivity index (χ0) is 29.6. The molecule has 1 unspecified atom stereocenters. The minimum atomic E-state index is 0.134. The molecule has 0 saturated carbocycles. The van der Waals surface area contributed by atoms with E-state index in [1.165, 1.54) is 42.4 Å². The van der Waals surface area contributed by atoms with Gasteiger partial charge < -0.3 is 4.90 Å². The second-order valence-electron chi connectivity index (χ2n) is 10.2. The van der Waals surface area contributed by atoms with E-state index in [0.717, 1.165) is 17.6 Å². The van der Waals surface area contributed by atoms with E-state index in [4.69, 9.17) is 5.10 Å². The molecule has 0 radical (unpaired) electrons. The van der Waals surface area contributed by atoms with Gasteiger partial charge in [-0.3, -0.25) is 10.0 Å². The zero-order valence-electron chi connectivity index (χ0n) is 26.6. The van der Waals surface area contributed by atoms with Crippen molar-refractivity contribution in [3.8, 4) is 0 Å². The van der Waals surface area contributed by atoms with Crippen molar-refractivity contribution < 1.29 is 0 Å². The van der Waals surface area contributed by atoms with E-state index < -0.39 is 0 Å². The van der Waals surface area contributed by atoms with Gasteiger partial charge in [-0.05, 0) is 68.0 Å². The van der Waals surface area contributed by atoms with Crippen molar-refractivity contribution in [1.29, 1.82) is 0 Å². The summed E-state index contributed by atoms with van der Waals surface area (Å²) < 4.78 is 0. The average Bonchev–Trinajstić information content (AvgIpc) is 2.90. The summed E-state index contributed by atoms with van der Waals surface area (Å²) >= 11 is 0. The van der Waals surface area contributed by atoms with E-state index in [-0.39, 0.29) is 5.92 Å². The van der Waals surface area contributed by atoms with E-state index >= 15 is 0 Å². The lowest BCUT2D eigenvalue weighted by Gasteiger charge is -2.16. The summed E-state index contributed by atoms with van der Waals surface area (Å²) in [5.74, 6) is 0.766. The Morgan fingerprint density at radius 3 is 2.13 bits per heavy atom. The minimum Gasteiger partial charge on any atom is -0.383 e. The van der Waals surface area contributed by atoms with E-state index in [2.05, 4.69) is 107 Å². The molecule has 0 aliphatic carbocycles. The first-order chi connectivity index (χ1) is 18.6. The van der Waals surface area contributed by atoms with Crippen LogP contribution in [0, 0.1) is 11.8 Å². The molecular formula is C35H56N4. The van der Waals surface area contributed by atoms with E-state index in [1.54, 1.807) is 7.05 Å². The van der Waals surface area contributed by atoms with Gasteiger partial charge in [0.2, 0.25) is 0 Å². The molecule has 0 aliphatic rings. The monoisotopic (exact) mass is 532 g/mol. The lowest BCUT2D eigenvalue weighted by Crippen LogP contribution is -2.09. The second kappa shape index (κ2) is 21.8. The van der Waals surface area contributed by atoms with Crippen LogP contribution in [0.3, 0.4) is 0 Å². The van der Waals surface area contributed by atoms with E-state index in [9.17, 15) is 0 Å². The molecule has 39 heavy (non-hydrogen) atoms. The summed E-state index contributed by atoms with van der Waals surface area (Å²) in [6, 6.07) is 0. The SMILES string of the molecule is C=CC(=C\C=C(/C)C(CCC)CCC)/C(/C=N\C)=C/N(C)/N=C\C(C)C(/C=C\N(C)C)=C(C)\C=C/C=C\CC. The van der Waals surface area contributed by atoms with Crippen molar-refractivity contribution in [2.24, 2.45) is 21.9 Å². The Hall–Kier alpha value is -3.14. The Balaban J connectivity index is 6.09. The third-order valence-electron chi connectivity index (χ3n) is 6.39. The first-order valence-electron chi connectivity index (χ1n) is 14.5. The second-order valence-corrected chi connectivity index (χ2v) is 10.2.